The van der Waals surface area contributed by atoms with Crippen LogP contribution in [0.4, 0.5) is 0 Å². The van der Waals surface area contributed by atoms with Gasteiger partial charge in [0.25, 0.3) is 0 Å². The Bertz CT molecular complexity index is 209. The molecule has 0 aromatic carbocycles. The van der Waals surface area contributed by atoms with Crippen molar-refractivity contribution in [2.75, 3.05) is 33.7 Å². The Kier molecular flexibility index (Phi) is 4.37. The maximum absolute atomic E-state index is 8.88. The van der Waals surface area contributed by atoms with Crippen molar-refractivity contribution in [2.45, 2.75) is 25.8 Å². The highest BCUT2D eigenvalue weighted by atomic mass is 15.2. The topological polar surface area (TPSA) is 30.3 Å². The summed E-state index contributed by atoms with van der Waals surface area (Å²) in [6.07, 6.45) is 2.21. The smallest absolute Gasteiger partial charge is 0.0669 e. The Balaban J connectivity index is 2.34. The van der Waals surface area contributed by atoms with Crippen LogP contribution in [0.5, 0.6) is 0 Å². The van der Waals surface area contributed by atoms with Crippen molar-refractivity contribution < 1.29 is 0 Å². The Labute approximate surface area is 87.3 Å². The molecule has 1 aliphatic heterocycles. The predicted octanol–water partition coefficient (Wildman–Crippen LogP) is 1.17. The minimum atomic E-state index is 0.200. The van der Waals surface area contributed by atoms with Crippen molar-refractivity contribution in [3.63, 3.8) is 0 Å². The molecule has 80 valence electrons. The number of rotatable bonds is 4. The third kappa shape index (κ3) is 2.97. The molecule has 3 heteroatoms. The first-order chi connectivity index (χ1) is 6.67. The highest BCUT2D eigenvalue weighted by Crippen LogP contribution is 2.14. The van der Waals surface area contributed by atoms with E-state index in [1.54, 1.807) is 0 Å². The van der Waals surface area contributed by atoms with Crippen LogP contribution in [-0.2, 0) is 0 Å². The molecule has 2 unspecified atom stereocenters. The predicted molar refractivity (Wildman–Crippen MR) is 57.9 cm³/mol. The lowest BCUT2D eigenvalue weighted by Crippen LogP contribution is -2.36. The maximum atomic E-state index is 8.88. The van der Waals surface area contributed by atoms with Gasteiger partial charge < -0.3 is 9.80 Å². The molecular weight excluding hydrogens is 174 g/mol. The van der Waals surface area contributed by atoms with Crippen molar-refractivity contribution in [3.05, 3.63) is 0 Å². The molecule has 1 saturated heterocycles. The van der Waals surface area contributed by atoms with E-state index in [-0.39, 0.29) is 5.92 Å². The number of likely N-dealkylation sites (N-methyl/N-ethyl adjacent to an activating group) is 2. The standard InChI is InChI=1S/C11H21N3/c1-4-10(7-12)8-14(3)11-5-6-13(2)9-11/h10-11H,4-6,8-9H2,1-3H3. The van der Waals surface area contributed by atoms with E-state index in [1.165, 1.54) is 13.0 Å². The molecule has 0 amide bonds. The molecule has 1 rings (SSSR count). The number of likely N-dealkylation sites (tertiary alicyclic amines) is 1. The average molecular weight is 195 g/mol. The second-order valence-corrected chi connectivity index (χ2v) is 4.38. The van der Waals surface area contributed by atoms with E-state index in [0.717, 1.165) is 19.5 Å². The van der Waals surface area contributed by atoms with Gasteiger partial charge in [0.15, 0.2) is 0 Å². The van der Waals surface area contributed by atoms with Gasteiger partial charge in [-0.15, -0.1) is 0 Å². The van der Waals surface area contributed by atoms with E-state index < -0.39 is 0 Å². The molecule has 1 heterocycles. The van der Waals surface area contributed by atoms with Gasteiger partial charge in [-0.3, -0.25) is 0 Å². The molecule has 1 fully saturated rings. The Morgan fingerprint density at radius 1 is 1.64 bits per heavy atom. The van der Waals surface area contributed by atoms with Crippen LogP contribution in [0.15, 0.2) is 0 Å². The zero-order valence-electron chi connectivity index (χ0n) is 9.53. The molecule has 0 aromatic heterocycles. The molecule has 1 aliphatic rings. The van der Waals surface area contributed by atoms with Crippen molar-refractivity contribution in [3.8, 4) is 6.07 Å². The van der Waals surface area contributed by atoms with Gasteiger partial charge in [0.2, 0.25) is 0 Å². The van der Waals surface area contributed by atoms with Crippen LogP contribution < -0.4 is 0 Å². The first-order valence-corrected chi connectivity index (χ1v) is 5.45. The molecule has 0 bridgehead atoms. The molecule has 0 saturated carbocycles. The van der Waals surface area contributed by atoms with Gasteiger partial charge in [-0.05, 0) is 33.5 Å². The monoisotopic (exact) mass is 195 g/mol. The zero-order chi connectivity index (χ0) is 10.6. The molecule has 3 nitrogen and oxygen atoms in total. The van der Waals surface area contributed by atoms with Crippen molar-refractivity contribution >= 4 is 0 Å². The summed E-state index contributed by atoms with van der Waals surface area (Å²) in [5.41, 5.74) is 0. The van der Waals surface area contributed by atoms with Crippen LogP contribution in [0, 0.1) is 17.2 Å². The summed E-state index contributed by atoms with van der Waals surface area (Å²) in [5.74, 6) is 0.200. The molecule has 0 N–H and O–H groups in total. The van der Waals surface area contributed by atoms with Gasteiger partial charge in [0.05, 0.1) is 12.0 Å². The largest absolute Gasteiger partial charge is 0.305 e. The lowest BCUT2D eigenvalue weighted by molar-refractivity contribution is 0.221. The van der Waals surface area contributed by atoms with Gasteiger partial charge in [-0.2, -0.15) is 5.26 Å². The summed E-state index contributed by atoms with van der Waals surface area (Å²) in [5, 5.41) is 8.88. The second kappa shape index (κ2) is 5.33. The van der Waals surface area contributed by atoms with Crippen LogP contribution in [0.25, 0.3) is 0 Å². The van der Waals surface area contributed by atoms with E-state index in [2.05, 4.69) is 36.9 Å². The molecule has 0 radical (unpaired) electrons. The van der Waals surface area contributed by atoms with Gasteiger partial charge >= 0.3 is 0 Å². The summed E-state index contributed by atoms with van der Waals surface area (Å²) in [6, 6.07) is 3.02. The number of hydrogen-bond donors (Lipinski definition) is 0. The molecule has 0 aliphatic carbocycles. The fourth-order valence-corrected chi connectivity index (χ4v) is 2.03. The Morgan fingerprint density at radius 3 is 2.79 bits per heavy atom. The number of nitrogens with zero attached hydrogens (tertiary/aromatic N) is 3. The molecule has 0 spiro atoms. The normalized spacial score (nSPS) is 25.2. The lowest BCUT2D eigenvalue weighted by atomic mass is 10.1. The molecule has 14 heavy (non-hydrogen) atoms. The fourth-order valence-electron chi connectivity index (χ4n) is 2.03. The average Bonchev–Trinajstić information content (AvgIpc) is 2.61. The van der Waals surface area contributed by atoms with Gasteiger partial charge in [-0.25, -0.2) is 0 Å². The molecular formula is C11H21N3. The molecule has 0 aromatic rings. The second-order valence-electron chi connectivity index (χ2n) is 4.38. The minimum absolute atomic E-state index is 0.200. The van der Waals surface area contributed by atoms with Crippen LogP contribution in [0.1, 0.15) is 19.8 Å². The summed E-state index contributed by atoms with van der Waals surface area (Å²) >= 11 is 0. The van der Waals surface area contributed by atoms with E-state index in [0.29, 0.717) is 6.04 Å². The SMILES string of the molecule is CCC(C#N)CN(C)C1CCN(C)C1. The summed E-state index contributed by atoms with van der Waals surface area (Å²) in [7, 11) is 4.30. The quantitative estimate of drug-likeness (QED) is 0.674. The van der Waals surface area contributed by atoms with Crippen molar-refractivity contribution in [2.24, 2.45) is 5.92 Å². The first-order valence-electron chi connectivity index (χ1n) is 5.45. The van der Waals surface area contributed by atoms with Gasteiger partial charge in [-0.1, -0.05) is 6.92 Å². The zero-order valence-corrected chi connectivity index (χ0v) is 9.53. The van der Waals surface area contributed by atoms with E-state index in [9.17, 15) is 0 Å². The van der Waals surface area contributed by atoms with Crippen LogP contribution in [-0.4, -0.2) is 49.6 Å². The van der Waals surface area contributed by atoms with Crippen molar-refractivity contribution in [1.82, 2.24) is 9.80 Å². The third-order valence-electron chi connectivity index (χ3n) is 3.17. The van der Waals surface area contributed by atoms with Crippen LogP contribution in [0.2, 0.25) is 0 Å². The first kappa shape index (κ1) is 11.5. The number of nitriles is 1. The summed E-state index contributed by atoms with van der Waals surface area (Å²) in [4.78, 5) is 4.70. The van der Waals surface area contributed by atoms with Gasteiger partial charge in [0, 0.05) is 19.1 Å². The lowest BCUT2D eigenvalue weighted by Gasteiger charge is -2.25. The highest BCUT2D eigenvalue weighted by molar-refractivity contribution is 4.87. The van der Waals surface area contributed by atoms with E-state index in [1.807, 2.05) is 0 Å². The highest BCUT2D eigenvalue weighted by Gasteiger charge is 2.24. The number of hydrogen-bond acceptors (Lipinski definition) is 3. The fraction of sp³-hybridized carbons (Fsp3) is 0.909. The van der Waals surface area contributed by atoms with Gasteiger partial charge in [0.1, 0.15) is 0 Å². The van der Waals surface area contributed by atoms with Crippen LogP contribution in [0.3, 0.4) is 0 Å². The van der Waals surface area contributed by atoms with E-state index >= 15 is 0 Å². The Hall–Kier alpha value is -0.590. The van der Waals surface area contributed by atoms with E-state index in [4.69, 9.17) is 5.26 Å². The maximum Gasteiger partial charge on any atom is 0.0669 e. The Morgan fingerprint density at radius 2 is 2.36 bits per heavy atom. The molecule has 2 atom stereocenters. The summed E-state index contributed by atoms with van der Waals surface area (Å²) in [6.45, 7) is 5.35. The third-order valence-corrected chi connectivity index (χ3v) is 3.17. The summed E-state index contributed by atoms with van der Waals surface area (Å²) < 4.78 is 0. The van der Waals surface area contributed by atoms with Crippen LogP contribution >= 0.6 is 0 Å². The minimum Gasteiger partial charge on any atom is -0.305 e. The van der Waals surface area contributed by atoms with Crippen molar-refractivity contribution in [1.29, 1.82) is 5.26 Å².